The van der Waals surface area contributed by atoms with Crippen molar-refractivity contribution in [1.29, 1.82) is 0 Å². The minimum atomic E-state index is -0.348. The van der Waals surface area contributed by atoms with Gasteiger partial charge in [0.05, 0.1) is 18.6 Å². The Morgan fingerprint density at radius 1 is 1.08 bits per heavy atom. The van der Waals surface area contributed by atoms with Crippen molar-refractivity contribution in [1.82, 2.24) is 10.2 Å². The molecule has 0 spiro atoms. The van der Waals surface area contributed by atoms with Crippen LogP contribution in [0.3, 0.4) is 0 Å². The average molecular weight is 351 g/mol. The highest BCUT2D eigenvalue weighted by Gasteiger charge is 2.30. The second kappa shape index (κ2) is 8.63. The molecule has 2 aromatic carbocycles. The van der Waals surface area contributed by atoms with Crippen molar-refractivity contribution < 1.29 is 9.59 Å². The lowest BCUT2D eigenvalue weighted by Crippen LogP contribution is -2.46. The van der Waals surface area contributed by atoms with Gasteiger partial charge in [-0.05, 0) is 36.9 Å². The summed E-state index contributed by atoms with van der Waals surface area (Å²) in [7, 11) is 0. The van der Waals surface area contributed by atoms with E-state index in [1.807, 2.05) is 53.4 Å². The van der Waals surface area contributed by atoms with Crippen molar-refractivity contribution >= 4 is 11.8 Å². The molecule has 0 aliphatic carbocycles. The highest BCUT2D eigenvalue weighted by atomic mass is 16.2. The van der Waals surface area contributed by atoms with Crippen LogP contribution in [0.5, 0.6) is 0 Å². The van der Waals surface area contributed by atoms with Crippen LogP contribution in [-0.2, 0) is 16.0 Å². The van der Waals surface area contributed by atoms with Crippen molar-refractivity contribution in [2.45, 2.75) is 31.3 Å². The largest absolute Gasteiger partial charge is 0.368 e. The number of rotatable bonds is 7. The minimum absolute atomic E-state index is 0.0806. The van der Waals surface area contributed by atoms with E-state index in [0.29, 0.717) is 0 Å². The van der Waals surface area contributed by atoms with Gasteiger partial charge in [-0.2, -0.15) is 0 Å². The van der Waals surface area contributed by atoms with E-state index in [1.54, 1.807) is 0 Å². The van der Waals surface area contributed by atoms with E-state index in [0.717, 1.165) is 36.9 Å². The lowest BCUT2D eigenvalue weighted by Gasteiger charge is -2.24. The first-order valence-corrected chi connectivity index (χ1v) is 9.05. The lowest BCUT2D eigenvalue weighted by atomic mass is 9.99. The maximum Gasteiger partial charge on any atom is 0.234 e. The molecule has 0 aromatic heterocycles. The highest BCUT2D eigenvalue weighted by molar-refractivity contribution is 5.83. The molecule has 3 rings (SSSR count). The number of nitrogens with zero attached hydrogens (tertiary/aromatic N) is 1. The van der Waals surface area contributed by atoms with Crippen molar-refractivity contribution in [2.24, 2.45) is 5.73 Å². The van der Waals surface area contributed by atoms with Crippen LogP contribution < -0.4 is 11.1 Å². The van der Waals surface area contributed by atoms with Gasteiger partial charge in [0.1, 0.15) is 0 Å². The predicted octanol–water partition coefficient (Wildman–Crippen LogP) is 2.04. The van der Waals surface area contributed by atoms with Crippen LogP contribution in [0.15, 0.2) is 60.7 Å². The van der Waals surface area contributed by atoms with Crippen LogP contribution in [0.25, 0.3) is 0 Å². The Morgan fingerprint density at radius 2 is 1.73 bits per heavy atom. The van der Waals surface area contributed by atoms with Gasteiger partial charge in [-0.15, -0.1) is 0 Å². The van der Waals surface area contributed by atoms with Gasteiger partial charge in [-0.25, -0.2) is 0 Å². The van der Waals surface area contributed by atoms with Gasteiger partial charge in [0, 0.05) is 0 Å². The van der Waals surface area contributed by atoms with Gasteiger partial charge in [0.15, 0.2) is 0 Å². The molecule has 136 valence electrons. The molecule has 2 aromatic rings. The summed E-state index contributed by atoms with van der Waals surface area (Å²) in [5, 5.41) is 3.14. The van der Waals surface area contributed by atoms with E-state index in [-0.39, 0.29) is 30.4 Å². The number of amides is 2. The first-order valence-electron chi connectivity index (χ1n) is 9.05. The summed E-state index contributed by atoms with van der Waals surface area (Å²) in [5.74, 6) is -0.429. The third-order valence-corrected chi connectivity index (χ3v) is 4.86. The molecule has 1 fully saturated rings. The Hall–Kier alpha value is -2.66. The zero-order chi connectivity index (χ0) is 18.4. The molecule has 1 aliphatic heterocycles. The minimum Gasteiger partial charge on any atom is -0.368 e. The Kier molecular flexibility index (Phi) is 6.02. The summed E-state index contributed by atoms with van der Waals surface area (Å²) in [4.78, 5) is 26.0. The molecule has 0 bridgehead atoms. The summed E-state index contributed by atoms with van der Waals surface area (Å²) in [6, 6.07) is 19.6. The number of primary amides is 1. The van der Waals surface area contributed by atoms with E-state index < -0.39 is 0 Å². The van der Waals surface area contributed by atoms with Gasteiger partial charge in [-0.3, -0.25) is 14.5 Å². The monoisotopic (exact) mass is 351 g/mol. The molecule has 2 amide bonds. The average Bonchev–Trinajstić information content (AvgIpc) is 3.11. The Bertz CT molecular complexity index is 733. The fourth-order valence-electron chi connectivity index (χ4n) is 3.55. The van der Waals surface area contributed by atoms with Crippen LogP contribution in [-0.4, -0.2) is 35.8 Å². The van der Waals surface area contributed by atoms with Crippen LogP contribution >= 0.6 is 0 Å². The number of nitrogens with one attached hydrogen (secondary N) is 1. The molecule has 5 nitrogen and oxygen atoms in total. The second-order valence-electron chi connectivity index (χ2n) is 6.75. The number of hydrogen-bond acceptors (Lipinski definition) is 3. The van der Waals surface area contributed by atoms with E-state index in [1.165, 1.54) is 0 Å². The summed E-state index contributed by atoms with van der Waals surface area (Å²) in [6.45, 7) is 0.932. The molecule has 0 saturated carbocycles. The molecule has 2 unspecified atom stereocenters. The van der Waals surface area contributed by atoms with Gasteiger partial charge < -0.3 is 11.1 Å². The van der Waals surface area contributed by atoms with E-state index in [4.69, 9.17) is 5.73 Å². The van der Waals surface area contributed by atoms with E-state index in [2.05, 4.69) is 17.4 Å². The molecule has 0 radical (unpaired) electrons. The topological polar surface area (TPSA) is 75.4 Å². The van der Waals surface area contributed by atoms with Gasteiger partial charge >= 0.3 is 0 Å². The van der Waals surface area contributed by atoms with Gasteiger partial charge in [0.2, 0.25) is 11.8 Å². The van der Waals surface area contributed by atoms with E-state index >= 15 is 0 Å². The van der Waals surface area contributed by atoms with Gasteiger partial charge in [-0.1, -0.05) is 60.7 Å². The van der Waals surface area contributed by atoms with E-state index in [9.17, 15) is 9.59 Å². The smallest absolute Gasteiger partial charge is 0.234 e. The number of likely N-dealkylation sites (tertiary alicyclic amines) is 1. The number of carbonyl (C=O) groups excluding carboxylic acids is 2. The molecule has 1 aliphatic rings. The van der Waals surface area contributed by atoms with Crippen molar-refractivity contribution in [3.63, 3.8) is 0 Å². The number of benzene rings is 2. The van der Waals surface area contributed by atoms with Gasteiger partial charge in [0.25, 0.3) is 0 Å². The predicted molar refractivity (Wildman–Crippen MR) is 101 cm³/mol. The van der Waals surface area contributed by atoms with Crippen LogP contribution in [0, 0.1) is 0 Å². The molecule has 1 saturated heterocycles. The first-order chi connectivity index (χ1) is 12.6. The second-order valence-corrected chi connectivity index (χ2v) is 6.75. The first kappa shape index (κ1) is 18.1. The third kappa shape index (κ3) is 4.70. The number of hydrogen-bond donors (Lipinski definition) is 2. The molecule has 1 heterocycles. The Balaban J connectivity index is 1.69. The summed E-state index contributed by atoms with van der Waals surface area (Å²) >= 11 is 0. The van der Waals surface area contributed by atoms with Crippen LogP contribution in [0.4, 0.5) is 0 Å². The van der Waals surface area contributed by atoms with Crippen LogP contribution in [0.1, 0.15) is 30.0 Å². The number of carbonyl (C=O) groups is 2. The summed E-state index contributed by atoms with van der Waals surface area (Å²) < 4.78 is 0. The van der Waals surface area contributed by atoms with Crippen molar-refractivity contribution in [3.05, 3.63) is 71.8 Å². The Morgan fingerprint density at radius 3 is 2.38 bits per heavy atom. The molecular weight excluding hydrogens is 326 g/mol. The van der Waals surface area contributed by atoms with Crippen molar-refractivity contribution in [3.8, 4) is 0 Å². The maximum atomic E-state index is 12.6. The fraction of sp³-hybridized carbons (Fsp3) is 0.333. The normalized spacial score (nSPS) is 18.4. The zero-order valence-electron chi connectivity index (χ0n) is 14.8. The molecule has 26 heavy (non-hydrogen) atoms. The maximum absolute atomic E-state index is 12.6. The third-order valence-electron chi connectivity index (χ3n) is 4.86. The highest BCUT2D eigenvalue weighted by Crippen LogP contribution is 2.20. The molecule has 2 atom stereocenters. The molecule has 5 heteroatoms. The Labute approximate surface area is 154 Å². The quantitative estimate of drug-likeness (QED) is 0.801. The lowest BCUT2D eigenvalue weighted by molar-refractivity contribution is -0.126. The van der Waals surface area contributed by atoms with Crippen molar-refractivity contribution in [2.75, 3.05) is 13.1 Å². The fourth-order valence-corrected chi connectivity index (χ4v) is 3.55. The zero-order valence-corrected chi connectivity index (χ0v) is 14.8. The molecular formula is C21H25N3O2. The summed E-state index contributed by atoms with van der Waals surface area (Å²) in [6.07, 6.45) is 2.34. The number of nitrogens with two attached hydrogens (primary N) is 1. The standard InChI is InChI=1S/C21H25N3O2/c22-21(26)19-12-7-13-24(19)15-20(25)23-18(17-10-5-2-6-11-17)14-16-8-3-1-4-9-16/h1-6,8-11,18-19H,7,12-15H2,(H2,22,26)(H,23,25). The van der Waals surface area contributed by atoms with Crippen LogP contribution in [0.2, 0.25) is 0 Å². The molecule has 3 N–H and O–H groups in total. The summed E-state index contributed by atoms with van der Waals surface area (Å²) in [5.41, 5.74) is 7.68. The SMILES string of the molecule is NC(=O)C1CCCN1CC(=O)NC(Cc1ccccc1)c1ccccc1.